The second-order valence-corrected chi connectivity index (χ2v) is 7.46. The fraction of sp³-hybridized carbons (Fsp3) is 0.167. The Labute approximate surface area is 155 Å². The minimum atomic E-state index is -4.32. The molecule has 2 aromatic carbocycles. The van der Waals surface area contributed by atoms with Gasteiger partial charge in [0.1, 0.15) is 5.01 Å². The lowest BCUT2D eigenvalue weighted by molar-refractivity contribution is -0.137. The average molecular weight is 427 g/mol. The van der Waals surface area contributed by atoms with Crippen LogP contribution in [0.15, 0.2) is 59.2 Å². The first-order valence-electron chi connectivity index (χ1n) is 7.49. The molecular formula is C18H14BrF3N2S. The molecule has 3 aromatic rings. The Morgan fingerprint density at radius 1 is 1.04 bits per heavy atom. The van der Waals surface area contributed by atoms with Gasteiger partial charge in [-0.25, -0.2) is 4.98 Å². The molecule has 0 atom stereocenters. The number of thiazole rings is 1. The molecule has 1 N–H and O–H groups in total. The smallest absolute Gasteiger partial charge is 0.306 e. The first-order valence-corrected chi connectivity index (χ1v) is 9.10. The number of benzene rings is 2. The Bertz CT molecular complexity index is 861. The summed E-state index contributed by atoms with van der Waals surface area (Å²) in [6.07, 6.45) is -2.50. The van der Waals surface area contributed by atoms with E-state index in [1.807, 2.05) is 30.5 Å². The molecule has 0 aliphatic carbocycles. The number of nitrogens with zero attached hydrogens (tertiary/aromatic N) is 1. The lowest BCUT2D eigenvalue weighted by Crippen LogP contribution is -2.13. The van der Waals surface area contributed by atoms with E-state index in [1.54, 1.807) is 17.4 Å². The fourth-order valence-corrected chi connectivity index (χ4v) is 3.62. The van der Waals surface area contributed by atoms with Crippen molar-refractivity contribution in [1.82, 2.24) is 10.3 Å². The maximum Gasteiger partial charge on any atom is 0.416 e. The zero-order valence-corrected chi connectivity index (χ0v) is 15.4. The predicted molar refractivity (Wildman–Crippen MR) is 97.2 cm³/mol. The third-order valence-electron chi connectivity index (χ3n) is 3.52. The van der Waals surface area contributed by atoms with Gasteiger partial charge in [0.2, 0.25) is 0 Å². The topological polar surface area (TPSA) is 24.9 Å². The number of aromatic nitrogens is 1. The summed E-state index contributed by atoms with van der Waals surface area (Å²) in [7, 11) is 0. The van der Waals surface area contributed by atoms with Crippen LogP contribution in [-0.4, -0.2) is 4.98 Å². The van der Waals surface area contributed by atoms with E-state index >= 15 is 0 Å². The molecule has 130 valence electrons. The summed E-state index contributed by atoms with van der Waals surface area (Å²) < 4.78 is 39.1. The summed E-state index contributed by atoms with van der Waals surface area (Å²) >= 11 is 5.01. The highest BCUT2D eigenvalue weighted by molar-refractivity contribution is 9.10. The van der Waals surface area contributed by atoms with Crippen LogP contribution in [-0.2, 0) is 19.3 Å². The molecule has 2 nitrogen and oxygen atoms in total. The van der Waals surface area contributed by atoms with E-state index in [9.17, 15) is 13.2 Å². The number of alkyl halides is 3. The molecule has 0 saturated heterocycles. The van der Waals surface area contributed by atoms with Gasteiger partial charge in [-0.2, -0.15) is 13.2 Å². The summed E-state index contributed by atoms with van der Waals surface area (Å²) in [6, 6.07) is 13.3. The van der Waals surface area contributed by atoms with Crippen LogP contribution < -0.4 is 5.32 Å². The van der Waals surface area contributed by atoms with E-state index in [0.717, 1.165) is 26.0 Å². The van der Waals surface area contributed by atoms with Gasteiger partial charge in [-0.3, -0.25) is 0 Å². The van der Waals surface area contributed by atoms with Crippen LogP contribution in [0.3, 0.4) is 0 Å². The maximum atomic E-state index is 12.7. The van der Waals surface area contributed by atoms with Crippen LogP contribution in [0.25, 0.3) is 10.4 Å². The standard InChI is InChI=1S/C18H14BrF3N2S/c19-15-6-2-4-13(8-15)16-10-24-17(25-16)11-23-9-12-3-1-5-14(7-12)18(20,21)22/h1-8,10,23H,9,11H2. The van der Waals surface area contributed by atoms with Gasteiger partial charge in [0.15, 0.2) is 0 Å². The van der Waals surface area contributed by atoms with Crippen molar-refractivity contribution in [2.45, 2.75) is 19.3 Å². The van der Waals surface area contributed by atoms with E-state index in [2.05, 4.69) is 26.2 Å². The normalized spacial score (nSPS) is 11.7. The highest BCUT2D eigenvalue weighted by Gasteiger charge is 2.30. The Morgan fingerprint density at radius 2 is 1.84 bits per heavy atom. The van der Waals surface area contributed by atoms with E-state index in [0.29, 0.717) is 18.7 Å². The molecule has 3 rings (SSSR count). The van der Waals surface area contributed by atoms with E-state index in [4.69, 9.17) is 0 Å². The Kier molecular flexibility index (Phi) is 5.56. The van der Waals surface area contributed by atoms with Crippen LogP contribution in [0.4, 0.5) is 13.2 Å². The van der Waals surface area contributed by atoms with Gasteiger partial charge in [-0.05, 0) is 29.3 Å². The number of nitrogens with one attached hydrogen (secondary N) is 1. The SMILES string of the molecule is FC(F)(F)c1cccc(CNCc2ncc(-c3cccc(Br)c3)s2)c1. The van der Waals surface area contributed by atoms with Crippen LogP contribution >= 0.6 is 27.3 Å². The van der Waals surface area contributed by atoms with Crippen LogP contribution in [0.5, 0.6) is 0 Å². The Hall–Kier alpha value is -1.70. The molecule has 0 spiro atoms. The molecule has 0 saturated carbocycles. The lowest BCUT2D eigenvalue weighted by atomic mass is 10.1. The first-order chi connectivity index (χ1) is 11.9. The third kappa shape index (κ3) is 4.90. The average Bonchev–Trinajstić information content (AvgIpc) is 3.03. The van der Waals surface area contributed by atoms with Gasteiger partial charge in [0.05, 0.1) is 10.4 Å². The van der Waals surface area contributed by atoms with Gasteiger partial charge < -0.3 is 5.32 Å². The van der Waals surface area contributed by atoms with Crippen molar-refractivity contribution in [1.29, 1.82) is 0 Å². The fourth-order valence-electron chi connectivity index (χ4n) is 2.34. The van der Waals surface area contributed by atoms with Gasteiger partial charge in [-0.1, -0.05) is 46.3 Å². The van der Waals surface area contributed by atoms with Crippen LogP contribution in [0, 0.1) is 0 Å². The molecule has 1 aromatic heterocycles. The quantitative estimate of drug-likeness (QED) is 0.550. The monoisotopic (exact) mass is 426 g/mol. The summed E-state index contributed by atoms with van der Waals surface area (Å²) in [6.45, 7) is 0.866. The third-order valence-corrected chi connectivity index (χ3v) is 5.06. The summed E-state index contributed by atoms with van der Waals surface area (Å²) in [5.41, 5.74) is 1.05. The molecular weight excluding hydrogens is 413 g/mol. The van der Waals surface area contributed by atoms with Gasteiger partial charge in [0.25, 0.3) is 0 Å². The lowest BCUT2D eigenvalue weighted by Gasteiger charge is -2.09. The zero-order valence-electron chi connectivity index (χ0n) is 13.0. The summed E-state index contributed by atoms with van der Waals surface area (Å²) in [4.78, 5) is 5.42. The van der Waals surface area contributed by atoms with E-state index in [1.165, 1.54) is 12.1 Å². The molecule has 1 heterocycles. The van der Waals surface area contributed by atoms with Crippen molar-refractivity contribution in [3.63, 3.8) is 0 Å². The molecule has 7 heteroatoms. The number of hydrogen-bond donors (Lipinski definition) is 1. The van der Waals surface area contributed by atoms with Crippen molar-refractivity contribution in [3.8, 4) is 10.4 Å². The summed E-state index contributed by atoms with van der Waals surface area (Å²) in [5, 5.41) is 4.03. The van der Waals surface area contributed by atoms with E-state index < -0.39 is 11.7 Å². The highest BCUT2D eigenvalue weighted by Crippen LogP contribution is 2.30. The van der Waals surface area contributed by atoms with Crippen molar-refractivity contribution < 1.29 is 13.2 Å². The highest BCUT2D eigenvalue weighted by atomic mass is 79.9. The number of rotatable bonds is 5. The van der Waals surface area contributed by atoms with Crippen LogP contribution in [0.2, 0.25) is 0 Å². The first kappa shape index (κ1) is 18.1. The molecule has 0 fully saturated rings. The van der Waals surface area contributed by atoms with E-state index in [-0.39, 0.29) is 0 Å². The molecule has 0 amide bonds. The van der Waals surface area contributed by atoms with Crippen LogP contribution in [0.1, 0.15) is 16.1 Å². The van der Waals surface area contributed by atoms with Gasteiger partial charge in [0, 0.05) is 23.8 Å². The zero-order chi connectivity index (χ0) is 17.9. The minimum absolute atomic E-state index is 0.357. The Balaban J connectivity index is 1.60. The second-order valence-electron chi connectivity index (χ2n) is 5.43. The molecule has 25 heavy (non-hydrogen) atoms. The Morgan fingerprint density at radius 3 is 2.60 bits per heavy atom. The van der Waals surface area contributed by atoms with Gasteiger partial charge in [-0.15, -0.1) is 11.3 Å². The molecule has 0 aliphatic heterocycles. The second kappa shape index (κ2) is 7.68. The number of halogens is 4. The van der Waals surface area contributed by atoms with Crippen molar-refractivity contribution in [3.05, 3.63) is 75.3 Å². The van der Waals surface area contributed by atoms with Crippen molar-refractivity contribution in [2.75, 3.05) is 0 Å². The van der Waals surface area contributed by atoms with Gasteiger partial charge >= 0.3 is 6.18 Å². The van der Waals surface area contributed by atoms with Crippen molar-refractivity contribution in [2.24, 2.45) is 0 Å². The predicted octanol–water partition coefficient (Wildman–Crippen LogP) is 5.88. The molecule has 0 bridgehead atoms. The summed E-state index contributed by atoms with van der Waals surface area (Å²) in [5.74, 6) is 0. The minimum Gasteiger partial charge on any atom is -0.306 e. The molecule has 0 aliphatic rings. The van der Waals surface area contributed by atoms with Crippen molar-refractivity contribution >= 4 is 27.3 Å². The largest absolute Gasteiger partial charge is 0.416 e. The molecule has 0 unspecified atom stereocenters. The molecule has 0 radical (unpaired) electrons. The maximum absolute atomic E-state index is 12.7. The number of hydrogen-bond acceptors (Lipinski definition) is 3.